The highest BCUT2D eigenvalue weighted by Gasteiger charge is 2.45. The van der Waals surface area contributed by atoms with Gasteiger partial charge in [-0.05, 0) is 34.8 Å². The third-order valence-corrected chi connectivity index (χ3v) is 5.41. The molecule has 1 heterocycles. The molecule has 0 radical (unpaired) electrons. The van der Waals surface area contributed by atoms with Crippen molar-refractivity contribution in [1.29, 1.82) is 0 Å². The number of alkyl halides is 3. The topological polar surface area (TPSA) is 50.3 Å². The summed E-state index contributed by atoms with van der Waals surface area (Å²) in [6.45, 7) is -1.52. The summed E-state index contributed by atoms with van der Waals surface area (Å²) in [5.41, 5.74) is 0. The quantitative estimate of drug-likeness (QED) is 0.738. The lowest BCUT2D eigenvalue weighted by molar-refractivity contribution is -0.137. The second-order valence-corrected chi connectivity index (χ2v) is 7.47. The second kappa shape index (κ2) is 5.43. The van der Waals surface area contributed by atoms with E-state index in [1.165, 1.54) is 6.20 Å². The van der Waals surface area contributed by atoms with Gasteiger partial charge in [0, 0.05) is 16.7 Å². The molecule has 0 aromatic carbocycles. The Morgan fingerprint density at radius 2 is 2.05 bits per heavy atom. The van der Waals surface area contributed by atoms with Crippen LogP contribution in [0.2, 0.25) is 5.15 Å². The SMILES string of the molecule is O=S(=O)(c1cc(Br)cnc1Cl)N(CC(F)(F)F)C1CC1. The zero-order valence-electron chi connectivity index (χ0n) is 9.86. The van der Waals surface area contributed by atoms with Gasteiger partial charge in [-0.3, -0.25) is 0 Å². The van der Waals surface area contributed by atoms with Crippen LogP contribution in [0.15, 0.2) is 21.6 Å². The Balaban J connectivity index is 2.43. The van der Waals surface area contributed by atoms with Gasteiger partial charge >= 0.3 is 6.18 Å². The number of hydrogen-bond acceptors (Lipinski definition) is 3. The molecule has 0 amide bonds. The van der Waals surface area contributed by atoms with Crippen LogP contribution in [0.5, 0.6) is 0 Å². The monoisotopic (exact) mass is 392 g/mol. The van der Waals surface area contributed by atoms with Crippen LogP contribution in [0.4, 0.5) is 13.2 Å². The standard InChI is InChI=1S/C10H9BrClF3N2O2S/c11-6-3-8(9(12)16-4-6)20(18,19)17(7-1-2-7)5-10(13,14)15/h3-4,7H,1-2,5H2. The Bertz CT molecular complexity index is 619. The summed E-state index contributed by atoms with van der Waals surface area (Å²) in [7, 11) is -4.34. The number of pyridine rings is 1. The Kier molecular flexibility index (Phi) is 4.35. The summed E-state index contributed by atoms with van der Waals surface area (Å²) in [6.07, 6.45) is -2.52. The molecule has 20 heavy (non-hydrogen) atoms. The molecule has 0 N–H and O–H groups in total. The van der Waals surface area contributed by atoms with Crippen LogP contribution in [0.3, 0.4) is 0 Å². The van der Waals surface area contributed by atoms with Gasteiger partial charge < -0.3 is 0 Å². The van der Waals surface area contributed by atoms with Gasteiger partial charge in [0.05, 0.1) is 0 Å². The van der Waals surface area contributed by atoms with Gasteiger partial charge in [-0.15, -0.1) is 0 Å². The highest BCUT2D eigenvalue weighted by atomic mass is 79.9. The van der Waals surface area contributed by atoms with E-state index >= 15 is 0 Å². The number of hydrogen-bond donors (Lipinski definition) is 0. The van der Waals surface area contributed by atoms with Gasteiger partial charge in [-0.1, -0.05) is 11.6 Å². The minimum Gasteiger partial charge on any atom is -0.242 e. The van der Waals surface area contributed by atoms with Crippen molar-refractivity contribution in [3.8, 4) is 0 Å². The molecule has 0 spiro atoms. The van der Waals surface area contributed by atoms with Crippen molar-refractivity contribution in [3.63, 3.8) is 0 Å². The van der Waals surface area contributed by atoms with E-state index in [1.807, 2.05) is 0 Å². The van der Waals surface area contributed by atoms with Gasteiger partial charge in [-0.2, -0.15) is 17.5 Å². The van der Waals surface area contributed by atoms with Crippen LogP contribution in [0, 0.1) is 0 Å². The summed E-state index contributed by atoms with van der Waals surface area (Å²) in [6, 6.07) is 0.521. The van der Waals surface area contributed by atoms with Gasteiger partial charge in [0.1, 0.15) is 16.6 Å². The molecule has 1 aliphatic carbocycles. The zero-order chi connectivity index (χ0) is 15.1. The second-order valence-electron chi connectivity index (χ2n) is 4.34. The van der Waals surface area contributed by atoms with E-state index in [0.717, 1.165) is 6.07 Å². The lowest BCUT2D eigenvalue weighted by Gasteiger charge is -2.23. The molecule has 0 saturated heterocycles. The molecule has 0 aliphatic heterocycles. The predicted molar refractivity (Wildman–Crippen MR) is 69.9 cm³/mol. The fraction of sp³-hybridized carbons (Fsp3) is 0.500. The molecule has 2 rings (SSSR count). The maximum Gasteiger partial charge on any atom is 0.402 e. The van der Waals surface area contributed by atoms with E-state index in [0.29, 0.717) is 21.6 Å². The maximum atomic E-state index is 12.6. The first-order valence-electron chi connectivity index (χ1n) is 5.51. The lowest BCUT2D eigenvalue weighted by atomic mass is 10.5. The molecule has 1 aromatic rings. The molecule has 0 bridgehead atoms. The average Bonchev–Trinajstić information content (AvgIpc) is 3.12. The summed E-state index contributed by atoms with van der Waals surface area (Å²) in [5.74, 6) is 0. The van der Waals surface area contributed by atoms with Gasteiger partial charge in [0.25, 0.3) is 0 Å². The molecule has 0 unspecified atom stereocenters. The van der Waals surface area contributed by atoms with Crippen LogP contribution < -0.4 is 0 Å². The normalized spacial score (nSPS) is 16.7. The molecule has 1 fully saturated rings. The van der Waals surface area contributed by atoms with Crippen LogP contribution in [0.25, 0.3) is 0 Å². The Labute approximate surface area is 127 Å². The van der Waals surface area contributed by atoms with Crippen molar-refractivity contribution in [2.75, 3.05) is 6.54 Å². The molecule has 1 aliphatic rings. The zero-order valence-corrected chi connectivity index (χ0v) is 13.0. The molecule has 1 saturated carbocycles. The first-order chi connectivity index (χ1) is 9.11. The summed E-state index contributed by atoms with van der Waals surface area (Å²) in [5, 5.41) is -0.346. The third kappa shape index (κ3) is 3.63. The molecule has 4 nitrogen and oxygen atoms in total. The first-order valence-corrected chi connectivity index (χ1v) is 8.12. The maximum absolute atomic E-state index is 12.6. The molecular weight excluding hydrogens is 385 g/mol. The molecular formula is C10H9BrClF3N2O2S. The smallest absolute Gasteiger partial charge is 0.242 e. The summed E-state index contributed by atoms with van der Waals surface area (Å²) in [4.78, 5) is 3.21. The number of nitrogens with zero attached hydrogens (tertiary/aromatic N) is 2. The van der Waals surface area contributed by atoms with Gasteiger partial charge in [0.15, 0.2) is 0 Å². The van der Waals surface area contributed by atoms with Crippen LogP contribution >= 0.6 is 27.5 Å². The van der Waals surface area contributed by atoms with Crippen LogP contribution in [-0.2, 0) is 10.0 Å². The fourth-order valence-corrected chi connectivity index (χ4v) is 4.25. The average molecular weight is 394 g/mol. The van der Waals surface area contributed by atoms with Crippen molar-refractivity contribution in [2.45, 2.75) is 30.0 Å². The van der Waals surface area contributed by atoms with E-state index in [4.69, 9.17) is 11.6 Å². The number of aromatic nitrogens is 1. The molecule has 1 aromatic heterocycles. The van der Waals surface area contributed by atoms with Gasteiger partial charge in [0.2, 0.25) is 10.0 Å². The van der Waals surface area contributed by atoms with E-state index in [9.17, 15) is 21.6 Å². The fourth-order valence-electron chi connectivity index (χ4n) is 1.66. The summed E-state index contributed by atoms with van der Waals surface area (Å²) >= 11 is 8.73. The minimum absolute atomic E-state index is 0.322. The molecule has 0 atom stereocenters. The van der Waals surface area contributed by atoms with Crippen molar-refractivity contribution in [1.82, 2.24) is 9.29 Å². The molecule has 112 valence electrons. The third-order valence-electron chi connectivity index (χ3n) is 2.65. The van der Waals surface area contributed by atoms with Crippen LogP contribution in [0.1, 0.15) is 12.8 Å². The lowest BCUT2D eigenvalue weighted by Crippen LogP contribution is -2.40. The minimum atomic E-state index is -4.61. The van der Waals surface area contributed by atoms with E-state index < -0.39 is 33.7 Å². The van der Waals surface area contributed by atoms with Crippen molar-refractivity contribution in [3.05, 3.63) is 21.9 Å². The Hall–Kier alpha value is -0.380. The number of halogens is 5. The Morgan fingerprint density at radius 3 is 2.55 bits per heavy atom. The largest absolute Gasteiger partial charge is 0.402 e. The Morgan fingerprint density at radius 1 is 1.45 bits per heavy atom. The predicted octanol–water partition coefficient (Wildman–Crippen LogP) is 3.21. The van der Waals surface area contributed by atoms with Crippen molar-refractivity contribution >= 4 is 37.6 Å². The first kappa shape index (κ1) is 16.0. The highest BCUT2D eigenvalue weighted by molar-refractivity contribution is 9.10. The van der Waals surface area contributed by atoms with Crippen LogP contribution in [-0.4, -0.2) is 36.5 Å². The van der Waals surface area contributed by atoms with E-state index in [2.05, 4.69) is 20.9 Å². The number of sulfonamides is 1. The van der Waals surface area contributed by atoms with E-state index in [-0.39, 0.29) is 5.15 Å². The van der Waals surface area contributed by atoms with Crippen molar-refractivity contribution in [2.24, 2.45) is 0 Å². The highest BCUT2D eigenvalue weighted by Crippen LogP contribution is 2.36. The number of rotatable bonds is 4. The molecule has 10 heteroatoms. The van der Waals surface area contributed by atoms with Crippen molar-refractivity contribution < 1.29 is 21.6 Å². The summed E-state index contributed by atoms with van der Waals surface area (Å²) < 4.78 is 63.1. The van der Waals surface area contributed by atoms with Gasteiger partial charge in [-0.25, -0.2) is 13.4 Å². The van der Waals surface area contributed by atoms with E-state index in [1.54, 1.807) is 0 Å².